The van der Waals surface area contributed by atoms with Gasteiger partial charge in [0.05, 0.1) is 6.61 Å². The Hall–Kier alpha value is -1.42. The zero-order valence-electron chi connectivity index (χ0n) is 9.70. The first kappa shape index (κ1) is 12.6. The molecule has 3 nitrogen and oxygen atoms in total. The van der Waals surface area contributed by atoms with E-state index in [1.807, 2.05) is 6.92 Å². The molecule has 0 spiro atoms. The van der Waals surface area contributed by atoms with Gasteiger partial charge < -0.3 is 10.0 Å². The van der Waals surface area contributed by atoms with Crippen LogP contribution in [0.5, 0.6) is 0 Å². The van der Waals surface area contributed by atoms with Crippen LogP contribution in [0.15, 0.2) is 18.2 Å². The summed E-state index contributed by atoms with van der Waals surface area (Å²) >= 11 is 0. The summed E-state index contributed by atoms with van der Waals surface area (Å²) in [6, 6.07) is 3.96. The molecule has 1 aromatic rings. The molecule has 0 heterocycles. The first-order chi connectivity index (χ1) is 7.47. The third-order valence-corrected chi connectivity index (χ3v) is 2.64. The van der Waals surface area contributed by atoms with Gasteiger partial charge in [0.2, 0.25) is 0 Å². The number of likely N-dealkylation sites (N-methyl/N-ethyl adjacent to an activating group) is 1. The molecule has 0 aliphatic heterocycles. The number of hydrogen-bond acceptors (Lipinski definition) is 3. The molecule has 88 valence electrons. The van der Waals surface area contributed by atoms with E-state index in [-0.39, 0.29) is 18.4 Å². The van der Waals surface area contributed by atoms with Gasteiger partial charge in [0, 0.05) is 24.3 Å². The fourth-order valence-electron chi connectivity index (χ4n) is 1.46. The lowest BCUT2D eigenvalue weighted by molar-refractivity contribution is 0.101. The normalized spacial score (nSPS) is 12.3. The molecule has 0 bridgehead atoms. The van der Waals surface area contributed by atoms with E-state index in [1.165, 1.54) is 19.1 Å². The van der Waals surface area contributed by atoms with Crippen LogP contribution in [0, 0.1) is 5.82 Å². The van der Waals surface area contributed by atoms with Crippen LogP contribution >= 0.6 is 0 Å². The van der Waals surface area contributed by atoms with Crippen molar-refractivity contribution in [2.75, 3.05) is 18.6 Å². The highest BCUT2D eigenvalue weighted by atomic mass is 19.1. The molecular formula is C12H16FNO2. The molecule has 0 fully saturated rings. The van der Waals surface area contributed by atoms with E-state index in [4.69, 9.17) is 5.11 Å². The summed E-state index contributed by atoms with van der Waals surface area (Å²) in [5.41, 5.74) is 0.971. The van der Waals surface area contributed by atoms with Crippen molar-refractivity contribution in [3.63, 3.8) is 0 Å². The van der Waals surface area contributed by atoms with Crippen LogP contribution in [0.25, 0.3) is 0 Å². The summed E-state index contributed by atoms with van der Waals surface area (Å²) in [5, 5.41) is 9.05. The second-order valence-corrected chi connectivity index (χ2v) is 3.86. The molecule has 1 N–H and O–H groups in total. The molecule has 0 radical (unpaired) electrons. The van der Waals surface area contributed by atoms with Gasteiger partial charge in [0.25, 0.3) is 0 Å². The van der Waals surface area contributed by atoms with Crippen LogP contribution in [-0.4, -0.2) is 30.6 Å². The Labute approximate surface area is 94.5 Å². The average Bonchev–Trinajstić information content (AvgIpc) is 2.26. The Morgan fingerprint density at radius 2 is 2.19 bits per heavy atom. The van der Waals surface area contributed by atoms with E-state index in [2.05, 4.69) is 0 Å². The number of carbonyl (C=O) groups is 1. The molecule has 0 aliphatic rings. The number of ketones is 1. The van der Waals surface area contributed by atoms with Gasteiger partial charge in [-0.2, -0.15) is 0 Å². The third-order valence-electron chi connectivity index (χ3n) is 2.64. The number of carbonyl (C=O) groups excluding carboxylic acids is 1. The molecule has 1 atom stereocenters. The van der Waals surface area contributed by atoms with Crippen LogP contribution in [0.2, 0.25) is 0 Å². The van der Waals surface area contributed by atoms with E-state index < -0.39 is 5.82 Å². The molecule has 1 unspecified atom stereocenters. The highest BCUT2D eigenvalue weighted by Gasteiger charge is 2.15. The maximum atomic E-state index is 13.0. The van der Waals surface area contributed by atoms with Gasteiger partial charge in [-0.25, -0.2) is 4.39 Å². The number of halogens is 1. The molecule has 0 saturated heterocycles. The maximum absolute atomic E-state index is 13.0. The van der Waals surface area contributed by atoms with Crippen LogP contribution in [0.3, 0.4) is 0 Å². The molecule has 0 amide bonds. The molecule has 1 rings (SSSR count). The van der Waals surface area contributed by atoms with Gasteiger partial charge in [-0.05, 0) is 32.0 Å². The van der Waals surface area contributed by atoms with Gasteiger partial charge in [0.1, 0.15) is 5.82 Å². The maximum Gasteiger partial charge on any atom is 0.161 e. The van der Waals surface area contributed by atoms with Crippen molar-refractivity contribution in [2.24, 2.45) is 0 Å². The lowest BCUT2D eigenvalue weighted by Gasteiger charge is -2.27. The lowest BCUT2D eigenvalue weighted by atomic mass is 10.1. The number of nitrogens with zero attached hydrogens (tertiary/aromatic N) is 1. The minimum Gasteiger partial charge on any atom is -0.394 e. The van der Waals surface area contributed by atoms with Gasteiger partial charge in [-0.15, -0.1) is 0 Å². The Balaban J connectivity index is 3.17. The number of Topliss-reactive ketones (excluding diaryl/α,β-unsaturated/α-hetero) is 1. The zero-order chi connectivity index (χ0) is 12.3. The fraction of sp³-hybridized carbons (Fsp3) is 0.417. The molecule has 0 aliphatic carbocycles. The van der Waals surface area contributed by atoms with Crippen molar-refractivity contribution in [3.05, 3.63) is 29.6 Å². The monoisotopic (exact) mass is 225 g/mol. The average molecular weight is 225 g/mol. The number of hydrogen-bond donors (Lipinski definition) is 1. The second kappa shape index (κ2) is 5.07. The van der Waals surface area contributed by atoms with Gasteiger partial charge in [-0.3, -0.25) is 4.79 Å². The topological polar surface area (TPSA) is 40.5 Å². The first-order valence-electron chi connectivity index (χ1n) is 5.11. The highest BCUT2D eigenvalue weighted by molar-refractivity contribution is 5.99. The van der Waals surface area contributed by atoms with E-state index in [9.17, 15) is 9.18 Å². The van der Waals surface area contributed by atoms with E-state index in [1.54, 1.807) is 18.0 Å². The Morgan fingerprint density at radius 3 is 2.69 bits per heavy atom. The standard InChI is InChI=1S/C12H16FNO2/c1-8(7-15)14(3)12-5-4-10(13)6-11(12)9(2)16/h4-6,8,15H,7H2,1-3H3. The Bertz CT molecular complexity index is 393. The minimum atomic E-state index is -0.431. The molecule has 4 heteroatoms. The summed E-state index contributed by atoms with van der Waals surface area (Å²) in [7, 11) is 1.76. The lowest BCUT2D eigenvalue weighted by Crippen LogP contribution is -2.32. The first-order valence-corrected chi connectivity index (χ1v) is 5.11. The Morgan fingerprint density at radius 1 is 1.56 bits per heavy atom. The van der Waals surface area contributed by atoms with Crippen molar-refractivity contribution < 1.29 is 14.3 Å². The van der Waals surface area contributed by atoms with Crippen molar-refractivity contribution in [3.8, 4) is 0 Å². The summed E-state index contributed by atoms with van der Waals surface area (Å²) in [4.78, 5) is 13.1. The van der Waals surface area contributed by atoms with Crippen LogP contribution in [-0.2, 0) is 0 Å². The van der Waals surface area contributed by atoms with Gasteiger partial charge in [0.15, 0.2) is 5.78 Å². The zero-order valence-corrected chi connectivity index (χ0v) is 9.70. The molecule has 16 heavy (non-hydrogen) atoms. The molecular weight excluding hydrogens is 209 g/mol. The van der Waals surface area contributed by atoms with Crippen molar-refractivity contribution >= 4 is 11.5 Å². The quantitative estimate of drug-likeness (QED) is 0.795. The highest BCUT2D eigenvalue weighted by Crippen LogP contribution is 2.22. The summed E-state index contributed by atoms with van der Waals surface area (Å²) < 4.78 is 13.0. The van der Waals surface area contributed by atoms with Crippen molar-refractivity contribution in [1.82, 2.24) is 0 Å². The summed E-state index contributed by atoms with van der Waals surface area (Å²) in [6.07, 6.45) is 0. The van der Waals surface area contributed by atoms with Crippen molar-refractivity contribution in [2.45, 2.75) is 19.9 Å². The van der Waals surface area contributed by atoms with Gasteiger partial charge in [-0.1, -0.05) is 0 Å². The summed E-state index contributed by atoms with van der Waals surface area (Å²) in [5.74, 6) is -0.620. The predicted molar refractivity (Wildman–Crippen MR) is 61.4 cm³/mol. The Kier molecular flexibility index (Phi) is 4.01. The van der Waals surface area contributed by atoms with Crippen LogP contribution in [0.4, 0.5) is 10.1 Å². The SMILES string of the molecule is CC(=O)c1cc(F)ccc1N(C)C(C)CO. The largest absolute Gasteiger partial charge is 0.394 e. The number of rotatable bonds is 4. The summed E-state index contributed by atoms with van der Waals surface area (Å²) in [6.45, 7) is 3.20. The third kappa shape index (κ3) is 2.58. The number of anilines is 1. The smallest absolute Gasteiger partial charge is 0.161 e. The fourth-order valence-corrected chi connectivity index (χ4v) is 1.46. The molecule has 0 aromatic heterocycles. The molecule has 1 aromatic carbocycles. The second-order valence-electron chi connectivity index (χ2n) is 3.86. The predicted octanol–water partition coefficient (Wildman–Crippen LogP) is 1.85. The number of aliphatic hydroxyl groups is 1. The minimum absolute atomic E-state index is 0.0226. The molecule has 0 saturated carbocycles. The van der Waals surface area contributed by atoms with Crippen molar-refractivity contribution in [1.29, 1.82) is 0 Å². The van der Waals surface area contributed by atoms with Crippen LogP contribution in [0.1, 0.15) is 24.2 Å². The van der Waals surface area contributed by atoms with Gasteiger partial charge >= 0.3 is 0 Å². The van der Waals surface area contributed by atoms with Crippen LogP contribution < -0.4 is 4.90 Å². The van der Waals surface area contributed by atoms with E-state index >= 15 is 0 Å². The number of aliphatic hydroxyl groups excluding tert-OH is 1. The van der Waals surface area contributed by atoms with E-state index in [0.717, 1.165) is 0 Å². The number of benzene rings is 1. The van der Waals surface area contributed by atoms with E-state index in [0.29, 0.717) is 11.3 Å².